The molecular formula is C20H29ClN2OS. The van der Waals surface area contributed by atoms with Crippen LogP contribution in [0.4, 0.5) is 0 Å². The number of fused-ring (bicyclic) bond motifs is 2. The number of carbonyl (C=O) groups is 1. The number of hydrogen-bond acceptors (Lipinski definition) is 3. The maximum absolute atomic E-state index is 12.4. The Labute approximate surface area is 160 Å². The zero-order valence-electron chi connectivity index (χ0n) is 15.2. The van der Waals surface area contributed by atoms with Crippen molar-refractivity contribution in [2.24, 2.45) is 5.92 Å². The summed E-state index contributed by atoms with van der Waals surface area (Å²) < 4.78 is 0. The van der Waals surface area contributed by atoms with Crippen LogP contribution in [0.3, 0.4) is 0 Å². The molecule has 2 aliphatic rings. The summed E-state index contributed by atoms with van der Waals surface area (Å²) in [6.45, 7) is 3.05. The van der Waals surface area contributed by atoms with Gasteiger partial charge in [0.25, 0.3) is 0 Å². The third kappa shape index (κ3) is 4.93. The van der Waals surface area contributed by atoms with Gasteiger partial charge in [-0.3, -0.25) is 9.69 Å². The lowest BCUT2D eigenvalue weighted by atomic mass is 9.95. The van der Waals surface area contributed by atoms with Crippen molar-refractivity contribution in [1.29, 1.82) is 0 Å². The molecule has 1 aromatic rings. The molecule has 25 heavy (non-hydrogen) atoms. The van der Waals surface area contributed by atoms with Gasteiger partial charge in [0.2, 0.25) is 5.91 Å². The van der Waals surface area contributed by atoms with E-state index in [2.05, 4.69) is 35.5 Å². The molecule has 5 heteroatoms. The predicted molar refractivity (Wildman–Crippen MR) is 107 cm³/mol. The number of nitrogens with one attached hydrogen (secondary N) is 1. The van der Waals surface area contributed by atoms with Crippen LogP contribution in [0.25, 0.3) is 0 Å². The molecule has 1 amide bonds. The number of hydrogen-bond donors (Lipinski definition) is 1. The van der Waals surface area contributed by atoms with Crippen molar-refractivity contribution in [3.63, 3.8) is 0 Å². The van der Waals surface area contributed by atoms with Gasteiger partial charge < -0.3 is 5.32 Å². The van der Waals surface area contributed by atoms with Gasteiger partial charge in [-0.2, -0.15) is 11.8 Å². The SMILES string of the molecule is CSCC[C@H](C)C(=O)N[C@@H]1C[C@H]2CC[C@@H](C1)N2Cc1ccc(Cl)cc1. The third-order valence-electron chi connectivity index (χ3n) is 5.71. The standard InChI is InChI=1S/C20H29ClN2OS/c1-14(9-10-25-2)20(24)22-17-11-18-7-8-19(12-17)23(18)13-15-3-5-16(21)6-4-15/h3-6,14,17-19H,7-13H2,1-2H3,(H,22,24)/t14-,17-,18-,19+/m0/s1. The lowest BCUT2D eigenvalue weighted by molar-refractivity contribution is -0.125. The van der Waals surface area contributed by atoms with Gasteiger partial charge >= 0.3 is 0 Å². The molecule has 1 N–H and O–H groups in total. The summed E-state index contributed by atoms with van der Waals surface area (Å²) in [6, 6.07) is 9.75. The van der Waals surface area contributed by atoms with E-state index in [1.54, 1.807) is 0 Å². The maximum atomic E-state index is 12.4. The molecule has 3 rings (SSSR count). The van der Waals surface area contributed by atoms with Gasteiger partial charge in [-0.1, -0.05) is 30.7 Å². The summed E-state index contributed by atoms with van der Waals surface area (Å²) in [5, 5.41) is 4.12. The largest absolute Gasteiger partial charge is 0.353 e. The fourth-order valence-electron chi connectivity index (χ4n) is 4.22. The Morgan fingerprint density at radius 3 is 2.52 bits per heavy atom. The van der Waals surface area contributed by atoms with Gasteiger partial charge in [-0.15, -0.1) is 0 Å². The molecule has 2 bridgehead atoms. The van der Waals surface area contributed by atoms with E-state index in [9.17, 15) is 4.79 Å². The maximum Gasteiger partial charge on any atom is 0.223 e. The summed E-state index contributed by atoms with van der Waals surface area (Å²) in [5.74, 6) is 1.42. The molecule has 0 radical (unpaired) electrons. The first-order valence-corrected chi connectivity index (χ1v) is 11.1. The van der Waals surface area contributed by atoms with Crippen molar-refractivity contribution >= 4 is 29.3 Å². The van der Waals surface area contributed by atoms with E-state index < -0.39 is 0 Å². The first-order valence-electron chi connectivity index (χ1n) is 9.36. The van der Waals surface area contributed by atoms with Crippen LogP contribution in [0.15, 0.2) is 24.3 Å². The van der Waals surface area contributed by atoms with Gasteiger partial charge in [-0.05, 0) is 61.8 Å². The summed E-state index contributed by atoms with van der Waals surface area (Å²) in [4.78, 5) is 15.1. The van der Waals surface area contributed by atoms with Crippen LogP contribution < -0.4 is 5.32 Å². The van der Waals surface area contributed by atoms with E-state index in [-0.39, 0.29) is 11.8 Å². The molecule has 0 unspecified atom stereocenters. The second-order valence-electron chi connectivity index (χ2n) is 7.54. The molecule has 138 valence electrons. The van der Waals surface area contributed by atoms with Crippen molar-refractivity contribution in [3.8, 4) is 0 Å². The van der Waals surface area contributed by atoms with E-state index in [0.717, 1.165) is 36.6 Å². The fraction of sp³-hybridized carbons (Fsp3) is 0.650. The zero-order valence-corrected chi connectivity index (χ0v) is 16.8. The van der Waals surface area contributed by atoms with Crippen LogP contribution in [-0.2, 0) is 11.3 Å². The number of halogens is 1. The van der Waals surface area contributed by atoms with Gasteiger partial charge in [-0.25, -0.2) is 0 Å². The van der Waals surface area contributed by atoms with Crippen molar-refractivity contribution < 1.29 is 4.79 Å². The predicted octanol–water partition coefficient (Wildman–Crippen LogP) is 4.34. The van der Waals surface area contributed by atoms with Crippen molar-refractivity contribution in [2.45, 2.75) is 63.7 Å². The van der Waals surface area contributed by atoms with Gasteiger partial charge in [0, 0.05) is 35.6 Å². The molecule has 2 heterocycles. The molecule has 4 atom stereocenters. The Morgan fingerprint density at radius 1 is 1.28 bits per heavy atom. The summed E-state index contributed by atoms with van der Waals surface area (Å²) in [6.07, 6.45) is 7.75. The van der Waals surface area contributed by atoms with E-state index in [0.29, 0.717) is 18.1 Å². The number of rotatable bonds is 7. The number of benzene rings is 1. The molecule has 2 saturated heterocycles. The molecule has 0 aliphatic carbocycles. The monoisotopic (exact) mass is 380 g/mol. The zero-order chi connectivity index (χ0) is 17.8. The Morgan fingerprint density at radius 2 is 1.92 bits per heavy atom. The first kappa shape index (κ1) is 19.1. The second kappa shape index (κ2) is 8.79. The van der Waals surface area contributed by atoms with Crippen molar-refractivity contribution in [1.82, 2.24) is 10.2 Å². The summed E-state index contributed by atoms with van der Waals surface area (Å²) >= 11 is 7.80. The minimum absolute atomic E-state index is 0.122. The Balaban J connectivity index is 1.53. The summed E-state index contributed by atoms with van der Waals surface area (Å²) in [7, 11) is 0. The van der Waals surface area contributed by atoms with Crippen molar-refractivity contribution in [2.75, 3.05) is 12.0 Å². The van der Waals surface area contributed by atoms with Crippen LogP contribution in [0.2, 0.25) is 5.02 Å². The number of piperidine rings is 1. The number of thioether (sulfide) groups is 1. The van der Waals surface area contributed by atoms with E-state index in [1.807, 2.05) is 23.9 Å². The molecule has 0 spiro atoms. The lowest BCUT2D eigenvalue weighted by Crippen LogP contribution is -2.50. The Bertz CT molecular complexity index is 566. The average Bonchev–Trinajstić information content (AvgIpc) is 2.83. The number of amides is 1. The summed E-state index contributed by atoms with van der Waals surface area (Å²) in [5.41, 5.74) is 1.33. The minimum Gasteiger partial charge on any atom is -0.353 e. The Hall–Kier alpha value is -0.710. The highest BCUT2D eigenvalue weighted by atomic mass is 35.5. The van der Waals surface area contributed by atoms with E-state index >= 15 is 0 Å². The minimum atomic E-state index is 0.122. The topological polar surface area (TPSA) is 32.3 Å². The first-order chi connectivity index (χ1) is 12.1. The van der Waals surface area contributed by atoms with Crippen LogP contribution >= 0.6 is 23.4 Å². The molecule has 3 nitrogen and oxygen atoms in total. The molecular weight excluding hydrogens is 352 g/mol. The van der Waals surface area contributed by atoms with Crippen LogP contribution in [0.5, 0.6) is 0 Å². The smallest absolute Gasteiger partial charge is 0.223 e. The molecule has 2 aliphatic heterocycles. The normalized spacial score (nSPS) is 27.2. The second-order valence-corrected chi connectivity index (χ2v) is 8.97. The van der Waals surface area contributed by atoms with Gasteiger partial charge in [0.15, 0.2) is 0 Å². The van der Waals surface area contributed by atoms with Crippen LogP contribution in [0, 0.1) is 5.92 Å². The number of carbonyl (C=O) groups excluding carboxylic acids is 1. The highest BCUT2D eigenvalue weighted by Gasteiger charge is 2.41. The lowest BCUT2D eigenvalue weighted by Gasteiger charge is -2.39. The third-order valence-corrected chi connectivity index (χ3v) is 6.61. The van der Waals surface area contributed by atoms with E-state index in [4.69, 9.17) is 11.6 Å². The molecule has 0 saturated carbocycles. The van der Waals surface area contributed by atoms with Crippen molar-refractivity contribution in [3.05, 3.63) is 34.9 Å². The van der Waals surface area contributed by atoms with Gasteiger partial charge in [0.05, 0.1) is 0 Å². The molecule has 2 fully saturated rings. The average molecular weight is 381 g/mol. The number of nitrogens with zero attached hydrogens (tertiary/aromatic N) is 1. The van der Waals surface area contributed by atoms with Crippen LogP contribution in [0.1, 0.15) is 44.6 Å². The molecule has 0 aromatic heterocycles. The highest BCUT2D eigenvalue weighted by molar-refractivity contribution is 7.98. The highest BCUT2D eigenvalue weighted by Crippen LogP contribution is 2.37. The fourth-order valence-corrected chi connectivity index (χ4v) is 4.94. The molecule has 1 aromatic carbocycles. The quantitative estimate of drug-likeness (QED) is 0.763. The van der Waals surface area contributed by atoms with Gasteiger partial charge in [0.1, 0.15) is 0 Å². The Kier molecular flexibility index (Phi) is 6.70. The van der Waals surface area contributed by atoms with E-state index in [1.165, 1.54) is 18.4 Å². The van der Waals surface area contributed by atoms with Crippen LogP contribution in [-0.4, -0.2) is 40.9 Å².